The summed E-state index contributed by atoms with van der Waals surface area (Å²) >= 11 is 5.95. The maximum absolute atomic E-state index is 13.7. The lowest BCUT2D eigenvalue weighted by molar-refractivity contribution is 0.205. The first-order valence-corrected chi connectivity index (χ1v) is 6.75. The van der Waals surface area contributed by atoms with Gasteiger partial charge in [-0.05, 0) is 18.2 Å². The summed E-state index contributed by atoms with van der Waals surface area (Å²) in [4.78, 5) is 13.4. The lowest BCUT2D eigenvalue weighted by Crippen LogP contribution is -2.37. The molecule has 1 aromatic heterocycles. The summed E-state index contributed by atoms with van der Waals surface area (Å²) in [5.74, 6) is -0.422. The van der Waals surface area contributed by atoms with Crippen LogP contribution in [0, 0.1) is 5.82 Å². The zero-order valence-electron chi connectivity index (χ0n) is 11.8. The molecule has 0 fully saturated rings. The first kappa shape index (κ1) is 15.3. The van der Waals surface area contributed by atoms with Gasteiger partial charge in [-0.25, -0.2) is 9.18 Å². The predicted molar refractivity (Wildman–Crippen MR) is 78.3 cm³/mol. The summed E-state index contributed by atoms with van der Waals surface area (Å²) in [6.07, 6.45) is 1.66. The number of aromatic nitrogens is 2. The number of hydrogen-bond donors (Lipinski definition) is 1. The van der Waals surface area contributed by atoms with Crippen molar-refractivity contribution >= 4 is 17.6 Å². The van der Waals surface area contributed by atoms with Crippen LogP contribution in [0.5, 0.6) is 0 Å². The molecule has 0 aliphatic rings. The molecule has 2 rings (SSSR count). The highest BCUT2D eigenvalue weighted by molar-refractivity contribution is 6.31. The van der Waals surface area contributed by atoms with E-state index in [1.54, 1.807) is 31.0 Å². The van der Waals surface area contributed by atoms with Gasteiger partial charge in [0, 0.05) is 30.9 Å². The van der Waals surface area contributed by atoms with Crippen molar-refractivity contribution in [1.29, 1.82) is 0 Å². The van der Waals surface area contributed by atoms with Crippen LogP contribution in [0.15, 0.2) is 30.5 Å². The highest BCUT2D eigenvalue weighted by Crippen LogP contribution is 2.20. The van der Waals surface area contributed by atoms with Crippen LogP contribution >= 0.6 is 11.6 Å². The van der Waals surface area contributed by atoms with Gasteiger partial charge < -0.3 is 10.2 Å². The average Bonchev–Trinajstić information content (AvgIpc) is 2.85. The molecule has 0 unspecified atom stereocenters. The molecule has 0 bridgehead atoms. The second-order valence-corrected chi connectivity index (χ2v) is 5.07. The molecule has 21 heavy (non-hydrogen) atoms. The van der Waals surface area contributed by atoms with E-state index in [0.717, 1.165) is 5.69 Å². The Balaban J connectivity index is 1.95. The Morgan fingerprint density at radius 2 is 2.24 bits per heavy atom. The van der Waals surface area contributed by atoms with E-state index in [0.29, 0.717) is 17.1 Å². The van der Waals surface area contributed by atoms with Gasteiger partial charge >= 0.3 is 6.03 Å². The molecule has 0 saturated heterocycles. The van der Waals surface area contributed by atoms with Crippen molar-refractivity contribution < 1.29 is 9.18 Å². The van der Waals surface area contributed by atoms with Gasteiger partial charge in [-0.15, -0.1) is 0 Å². The second kappa shape index (κ2) is 6.58. The molecule has 2 amide bonds. The highest BCUT2D eigenvalue weighted by atomic mass is 35.5. The fourth-order valence-electron chi connectivity index (χ4n) is 1.87. The molecule has 0 saturated carbocycles. The summed E-state index contributed by atoms with van der Waals surface area (Å²) in [6.45, 7) is 0.452. The minimum absolute atomic E-state index is 0.0999. The van der Waals surface area contributed by atoms with Gasteiger partial charge in [-0.3, -0.25) is 4.68 Å². The number of urea groups is 1. The van der Waals surface area contributed by atoms with Crippen LogP contribution in [-0.2, 0) is 20.1 Å². The lowest BCUT2D eigenvalue weighted by Gasteiger charge is -2.19. The van der Waals surface area contributed by atoms with Crippen molar-refractivity contribution in [2.45, 2.75) is 13.1 Å². The molecule has 7 heteroatoms. The number of nitrogens with one attached hydrogen (secondary N) is 1. The Hall–Kier alpha value is -2.08. The smallest absolute Gasteiger partial charge is 0.317 e. The Bertz CT molecular complexity index is 623. The summed E-state index contributed by atoms with van der Waals surface area (Å²) in [5.41, 5.74) is 1.18. The lowest BCUT2D eigenvalue weighted by atomic mass is 10.2. The zero-order chi connectivity index (χ0) is 15.4. The Morgan fingerprint density at radius 3 is 2.86 bits per heavy atom. The minimum Gasteiger partial charge on any atom is -0.332 e. The van der Waals surface area contributed by atoms with Crippen LogP contribution in [0.2, 0.25) is 5.02 Å². The fraction of sp³-hybridized carbons (Fsp3) is 0.286. The third-order valence-electron chi connectivity index (χ3n) is 3.15. The van der Waals surface area contributed by atoms with Gasteiger partial charge in [0.15, 0.2) is 0 Å². The third-order valence-corrected chi connectivity index (χ3v) is 3.50. The number of amides is 2. The van der Waals surface area contributed by atoms with E-state index in [4.69, 9.17) is 11.6 Å². The molecule has 0 spiro atoms. The largest absolute Gasteiger partial charge is 0.332 e. The normalized spacial score (nSPS) is 10.5. The van der Waals surface area contributed by atoms with Crippen LogP contribution in [-0.4, -0.2) is 27.8 Å². The number of nitrogens with zero attached hydrogens (tertiary/aromatic N) is 3. The Morgan fingerprint density at radius 1 is 1.48 bits per heavy atom. The van der Waals surface area contributed by atoms with Gasteiger partial charge in [0.2, 0.25) is 0 Å². The topological polar surface area (TPSA) is 50.2 Å². The Kier molecular flexibility index (Phi) is 4.80. The van der Waals surface area contributed by atoms with E-state index in [2.05, 4.69) is 10.4 Å². The van der Waals surface area contributed by atoms with Crippen LogP contribution < -0.4 is 5.32 Å². The van der Waals surface area contributed by atoms with E-state index in [1.807, 2.05) is 6.07 Å². The van der Waals surface area contributed by atoms with E-state index in [-0.39, 0.29) is 12.6 Å². The summed E-state index contributed by atoms with van der Waals surface area (Å²) in [6, 6.07) is 5.96. The molecule has 0 radical (unpaired) electrons. The third kappa shape index (κ3) is 3.72. The van der Waals surface area contributed by atoms with Crippen LogP contribution in [0.3, 0.4) is 0 Å². The molecule has 1 N–H and O–H groups in total. The Labute approximate surface area is 127 Å². The standard InChI is InChI=1S/C14H16ClFN4O/c1-19(9-11-12(15)4-3-5-13(11)16)14(21)17-8-10-6-7-18-20(10)2/h3-7H,8-9H2,1-2H3,(H,17,21). The number of halogens is 2. The SMILES string of the molecule is CN(Cc1c(F)cccc1Cl)C(=O)NCc1ccnn1C. The summed E-state index contributed by atoms with van der Waals surface area (Å²) in [7, 11) is 3.38. The summed E-state index contributed by atoms with van der Waals surface area (Å²) < 4.78 is 15.4. The number of rotatable bonds is 4. The molecule has 5 nitrogen and oxygen atoms in total. The number of carbonyl (C=O) groups excluding carboxylic acids is 1. The maximum Gasteiger partial charge on any atom is 0.317 e. The van der Waals surface area contributed by atoms with Gasteiger partial charge in [0.1, 0.15) is 5.82 Å². The van der Waals surface area contributed by atoms with Crippen molar-refractivity contribution in [2.75, 3.05) is 7.05 Å². The first-order valence-electron chi connectivity index (χ1n) is 6.37. The minimum atomic E-state index is -0.422. The molecular weight excluding hydrogens is 295 g/mol. The van der Waals surface area contributed by atoms with E-state index >= 15 is 0 Å². The van der Waals surface area contributed by atoms with Gasteiger partial charge in [-0.1, -0.05) is 17.7 Å². The molecule has 112 valence electrons. The monoisotopic (exact) mass is 310 g/mol. The van der Waals surface area contributed by atoms with Gasteiger partial charge in [0.05, 0.1) is 18.8 Å². The van der Waals surface area contributed by atoms with Crippen molar-refractivity contribution in [2.24, 2.45) is 7.05 Å². The number of carbonyl (C=O) groups is 1. The van der Waals surface area contributed by atoms with Crippen LogP contribution in [0.4, 0.5) is 9.18 Å². The fourth-order valence-corrected chi connectivity index (χ4v) is 2.09. The number of hydrogen-bond acceptors (Lipinski definition) is 2. The molecule has 1 heterocycles. The van der Waals surface area contributed by atoms with Crippen LogP contribution in [0.1, 0.15) is 11.3 Å². The van der Waals surface area contributed by atoms with Gasteiger partial charge in [0.25, 0.3) is 0 Å². The van der Waals surface area contributed by atoms with Crippen LogP contribution in [0.25, 0.3) is 0 Å². The van der Waals surface area contributed by atoms with Crippen molar-refractivity contribution in [3.05, 3.63) is 52.6 Å². The first-order chi connectivity index (χ1) is 9.99. The van der Waals surface area contributed by atoms with Gasteiger partial charge in [-0.2, -0.15) is 5.10 Å². The molecule has 0 atom stereocenters. The summed E-state index contributed by atoms with van der Waals surface area (Å²) in [5, 5.41) is 7.07. The quantitative estimate of drug-likeness (QED) is 0.943. The molecule has 1 aromatic carbocycles. The second-order valence-electron chi connectivity index (χ2n) is 4.66. The zero-order valence-corrected chi connectivity index (χ0v) is 12.6. The predicted octanol–water partition coefficient (Wildman–Crippen LogP) is 2.55. The number of aryl methyl sites for hydroxylation is 1. The van der Waals surface area contributed by atoms with E-state index < -0.39 is 5.82 Å². The van der Waals surface area contributed by atoms with Crippen molar-refractivity contribution in [3.63, 3.8) is 0 Å². The highest BCUT2D eigenvalue weighted by Gasteiger charge is 2.14. The molecule has 0 aliphatic heterocycles. The number of benzene rings is 1. The van der Waals surface area contributed by atoms with E-state index in [1.165, 1.54) is 17.0 Å². The van der Waals surface area contributed by atoms with Crippen molar-refractivity contribution in [3.8, 4) is 0 Å². The molecule has 2 aromatic rings. The van der Waals surface area contributed by atoms with Crippen molar-refractivity contribution in [1.82, 2.24) is 20.0 Å². The van der Waals surface area contributed by atoms with E-state index in [9.17, 15) is 9.18 Å². The maximum atomic E-state index is 13.7. The average molecular weight is 311 g/mol. The molecular formula is C14H16ClFN4O. The molecule has 0 aliphatic carbocycles.